The largest absolute Gasteiger partial charge is 0.471 e. The van der Waals surface area contributed by atoms with Gasteiger partial charge in [-0.3, -0.25) is 9.59 Å². The van der Waals surface area contributed by atoms with Crippen LogP contribution in [0.25, 0.3) is 11.0 Å². The number of para-hydroxylation sites is 2. The molecule has 2 amide bonds. The standard InChI is InChI=1S/C13H13F3N4O2/c14-13(15,16)12(22)18-7-11(21)17-6-5-10-19-8-3-1-2-4-9(8)20-10/h1-4H,5-7H2,(H,17,21)(H,18,22)(H,19,20). The molecular weight excluding hydrogens is 301 g/mol. The molecule has 22 heavy (non-hydrogen) atoms. The van der Waals surface area contributed by atoms with E-state index in [1.165, 1.54) is 5.32 Å². The molecule has 0 unspecified atom stereocenters. The molecule has 0 bridgehead atoms. The van der Waals surface area contributed by atoms with Crippen molar-refractivity contribution in [1.82, 2.24) is 20.6 Å². The van der Waals surface area contributed by atoms with Crippen LogP contribution in [0, 0.1) is 0 Å². The van der Waals surface area contributed by atoms with Crippen molar-refractivity contribution in [2.75, 3.05) is 13.1 Å². The van der Waals surface area contributed by atoms with E-state index >= 15 is 0 Å². The Morgan fingerprint density at radius 1 is 1.18 bits per heavy atom. The summed E-state index contributed by atoms with van der Waals surface area (Å²) >= 11 is 0. The topological polar surface area (TPSA) is 86.9 Å². The van der Waals surface area contributed by atoms with Crippen molar-refractivity contribution in [2.45, 2.75) is 12.6 Å². The van der Waals surface area contributed by atoms with Gasteiger partial charge in [0.05, 0.1) is 17.6 Å². The number of imidazole rings is 1. The minimum Gasteiger partial charge on any atom is -0.354 e. The van der Waals surface area contributed by atoms with E-state index < -0.39 is 24.5 Å². The zero-order valence-electron chi connectivity index (χ0n) is 11.3. The fraction of sp³-hybridized carbons (Fsp3) is 0.308. The second-order valence-corrected chi connectivity index (χ2v) is 4.48. The lowest BCUT2D eigenvalue weighted by atomic mass is 10.3. The maximum Gasteiger partial charge on any atom is 0.471 e. The van der Waals surface area contributed by atoms with E-state index in [4.69, 9.17) is 0 Å². The quantitative estimate of drug-likeness (QED) is 0.766. The van der Waals surface area contributed by atoms with Crippen molar-refractivity contribution >= 4 is 22.8 Å². The van der Waals surface area contributed by atoms with Crippen LogP contribution >= 0.6 is 0 Å². The molecule has 118 valence electrons. The maximum atomic E-state index is 11.9. The first-order chi connectivity index (χ1) is 10.4. The highest BCUT2D eigenvalue weighted by Crippen LogP contribution is 2.13. The highest BCUT2D eigenvalue weighted by Gasteiger charge is 2.38. The summed E-state index contributed by atoms with van der Waals surface area (Å²) in [5.41, 5.74) is 1.66. The number of alkyl halides is 3. The Morgan fingerprint density at radius 3 is 2.59 bits per heavy atom. The van der Waals surface area contributed by atoms with Gasteiger partial charge in [-0.05, 0) is 12.1 Å². The molecule has 0 radical (unpaired) electrons. The fourth-order valence-corrected chi connectivity index (χ4v) is 1.77. The van der Waals surface area contributed by atoms with Gasteiger partial charge in [0.2, 0.25) is 5.91 Å². The van der Waals surface area contributed by atoms with Crippen LogP contribution in [-0.4, -0.2) is 41.0 Å². The lowest BCUT2D eigenvalue weighted by molar-refractivity contribution is -0.173. The van der Waals surface area contributed by atoms with Crippen LogP contribution in [0.3, 0.4) is 0 Å². The Bertz CT molecular complexity index is 648. The molecule has 2 rings (SSSR count). The molecule has 6 nitrogen and oxygen atoms in total. The van der Waals surface area contributed by atoms with Crippen LogP contribution in [0.1, 0.15) is 5.82 Å². The van der Waals surface area contributed by atoms with E-state index in [1.807, 2.05) is 24.3 Å². The summed E-state index contributed by atoms with van der Waals surface area (Å²) in [7, 11) is 0. The minimum atomic E-state index is -4.99. The van der Waals surface area contributed by atoms with Gasteiger partial charge in [-0.25, -0.2) is 4.98 Å². The van der Waals surface area contributed by atoms with Gasteiger partial charge in [0, 0.05) is 13.0 Å². The Morgan fingerprint density at radius 2 is 1.91 bits per heavy atom. The van der Waals surface area contributed by atoms with Crippen molar-refractivity contribution in [1.29, 1.82) is 0 Å². The highest BCUT2D eigenvalue weighted by molar-refractivity contribution is 5.87. The molecule has 1 aromatic heterocycles. The Labute approximate surface area is 123 Å². The van der Waals surface area contributed by atoms with Crippen LogP contribution in [0.5, 0.6) is 0 Å². The summed E-state index contributed by atoms with van der Waals surface area (Å²) in [6, 6.07) is 7.39. The lowest BCUT2D eigenvalue weighted by Gasteiger charge is -2.08. The van der Waals surface area contributed by atoms with Crippen molar-refractivity contribution in [2.24, 2.45) is 0 Å². The lowest BCUT2D eigenvalue weighted by Crippen LogP contribution is -2.43. The minimum absolute atomic E-state index is 0.195. The summed E-state index contributed by atoms with van der Waals surface area (Å²) in [5, 5.41) is 3.89. The molecule has 0 aliphatic rings. The van der Waals surface area contributed by atoms with Gasteiger partial charge in [-0.1, -0.05) is 12.1 Å². The predicted octanol–water partition coefficient (Wildman–Crippen LogP) is 0.900. The first kappa shape index (κ1) is 15.8. The van der Waals surface area contributed by atoms with E-state index in [0.29, 0.717) is 12.2 Å². The number of nitrogens with one attached hydrogen (secondary N) is 3. The second-order valence-electron chi connectivity index (χ2n) is 4.48. The van der Waals surface area contributed by atoms with Crippen LogP contribution in [0.4, 0.5) is 13.2 Å². The Hall–Kier alpha value is -2.58. The number of aromatic amines is 1. The first-order valence-corrected chi connectivity index (χ1v) is 6.41. The number of fused-ring (bicyclic) bond motifs is 1. The van der Waals surface area contributed by atoms with Crippen molar-refractivity contribution in [3.05, 3.63) is 30.1 Å². The summed E-state index contributed by atoms with van der Waals surface area (Å²) in [4.78, 5) is 29.2. The van der Waals surface area contributed by atoms with E-state index in [-0.39, 0.29) is 6.54 Å². The zero-order chi connectivity index (χ0) is 16.2. The number of carbonyl (C=O) groups excluding carboxylic acids is 2. The average Bonchev–Trinajstić information content (AvgIpc) is 2.86. The molecule has 1 aromatic carbocycles. The number of benzene rings is 1. The summed E-state index contributed by atoms with van der Waals surface area (Å²) < 4.78 is 35.8. The first-order valence-electron chi connectivity index (χ1n) is 6.41. The van der Waals surface area contributed by atoms with Gasteiger partial charge in [0.15, 0.2) is 0 Å². The van der Waals surface area contributed by atoms with Gasteiger partial charge < -0.3 is 15.6 Å². The number of H-pyrrole nitrogens is 1. The van der Waals surface area contributed by atoms with Gasteiger partial charge in [0.1, 0.15) is 5.82 Å². The number of hydrogen-bond donors (Lipinski definition) is 3. The third-order valence-corrected chi connectivity index (χ3v) is 2.79. The van der Waals surface area contributed by atoms with Gasteiger partial charge in [-0.15, -0.1) is 0 Å². The van der Waals surface area contributed by atoms with E-state index in [1.54, 1.807) is 0 Å². The molecule has 1 heterocycles. The molecule has 0 aliphatic heterocycles. The Balaban J connectivity index is 1.74. The highest BCUT2D eigenvalue weighted by atomic mass is 19.4. The fourth-order valence-electron chi connectivity index (χ4n) is 1.77. The summed E-state index contributed by atoms with van der Waals surface area (Å²) in [5.74, 6) is -2.19. The monoisotopic (exact) mass is 314 g/mol. The average molecular weight is 314 g/mol. The van der Waals surface area contributed by atoms with Crippen LogP contribution in [-0.2, 0) is 16.0 Å². The van der Waals surface area contributed by atoms with Gasteiger partial charge >= 0.3 is 12.1 Å². The molecule has 0 aliphatic carbocycles. The van der Waals surface area contributed by atoms with Crippen LogP contribution in [0.15, 0.2) is 24.3 Å². The number of carbonyl (C=O) groups is 2. The molecule has 0 fully saturated rings. The molecule has 9 heteroatoms. The Kier molecular flexibility index (Phi) is 4.64. The second kappa shape index (κ2) is 6.46. The number of amides is 2. The van der Waals surface area contributed by atoms with E-state index in [9.17, 15) is 22.8 Å². The van der Waals surface area contributed by atoms with Crippen molar-refractivity contribution in [3.63, 3.8) is 0 Å². The third-order valence-electron chi connectivity index (χ3n) is 2.79. The van der Waals surface area contributed by atoms with Gasteiger partial charge in [0.25, 0.3) is 0 Å². The zero-order valence-corrected chi connectivity index (χ0v) is 11.3. The van der Waals surface area contributed by atoms with Crippen molar-refractivity contribution in [3.8, 4) is 0 Å². The summed E-state index contributed by atoms with van der Waals surface area (Å²) in [6.07, 6.45) is -4.60. The molecule has 0 saturated carbocycles. The number of halogens is 3. The number of aromatic nitrogens is 2. The predicted molar refractivity (Wildman–Crippen MR) is 71.9 cm³/mol. The SMILES string of the molecule is O=C(CNC(=O)C(F)(F)F)NCCc1nc2ccccc2[nH]1. The van der Waals surface area contributed by atoms with Crippen LogP contribution in [0.2, 0.25) is 0 Å². The van der Waals surface area contributed by atoms with E-state index in [2.05, 4.69) is 15.3 Å². The smallest absolute Gasteiger partial charge is 0.354 e. The maximum absolute atomic E-state index is 11.9. The van der Waals surface area contributed by atoms with Crippen molar-refractivity contribution < 1.29 is 22.8 Å². The third kappa shape index (κ3) is 4.21. The molecule has 0 atom stereocenters. The molecule has 0 spiro atoms. The number of hydrogen-bond acceptors (Lipinski definition) is 3. The molecule has 3 N–H and O–H groups in total. The molecule has 2 aromatic rings. The van der Waals surface area contributed by atoms with Crippen LogP contribution < -0.4 is 10.6 Å². The molecular formula is C13H13F3N4O2. The number of rotatable bonds is 5. The number of nitrogens with zero attached hydrogens (tertiary/aromatic N) is 1. The molecule has 0 saturated heterocycles. The normalized spacial score (nSPS) is 11.4. The summed E-state index contributed by atoms with van der Waals surface area (Å²) in [6.45, 7) is -0.529. The van der Waals surface area contributed by atoms with Gasteiger partial charge in [-0.2, -0.15) is 13.2 Å². The van der Waals surface area contributed by atoms with E-state index in [0.717, 1.165) is 11.0 Å².